The van der Waals surface area contributed by atoms with Gasteiger partial charge in [0.1, 0.15) is 5.60 Å². The highest BCUT2D eigenvalue weighted by atomic mass is 32.2. The van der Waals surface area contributed by atoms with Crippen molar-refractivity contribution < 1.29 is 19.1 Å². The molecule has 0 heterocycles. The van der Waals surface area contributed by atoms with Gasteiger partial charge >= 0.3 is 11.9 Å². The second-order valence-corrected chi connectivity index (χ2v) is 6.58. The highest BCUT2D eigenvalue weighted by Gasteiger charge is 2.13. The first-order valence-corrected chi connectivity index (χ1v) is 8.08. The van der Waals surface area contributed by atoms with Crippen LogP contribution in [-0.4, -0.2) is 29.9 Å². The third-order valence-electron chi connectivity index (χ3n) is 2.36. The summed E-state index contributed by atoms with van der Waals surface area (Å²) >= 11 is 1.42. The molecule has 0 spiro atoms. The summed E-state index contributed by atoms with van der Waals surface area (Å²) in [4.78, 5) is 23.8. The van der Waals surface area contributed by atoms with Gasteiger partial charge in [-0.3, -0.25) is 4.79 Å². The smallest absolute Gasteiger partial charge is 0.331 e. The van der Waals surface area contributed by atoms with E-state index in [1.807, 2.05) is 45.0 Å². The van der Waals surface area contributed by atoms with Crippen molar-refractivity contribution in [3.63, 3.8) is 0 Å². The van der Waals surface area contributed by atoms with E-state index in [1.54, 1.807) is 13.0 Å². The second-order valence-electron chi connectivity index (χ2n) is 5.53. The molecule has 4 nitrogen and oxygen atoms in total. The van der Waals surface area contributed by atoms with Gasteiger partial charge in [0.15, 0.2) is 0 Å². The van der Waals surface area contributed by atoms with Crippen molar-refractivity contribution in [2.45, 2.75) is 38.2 Å². The Hall–Kier alpha value is -1.75. The summed E-state index contributed by atoms with van der Waals surface area (Å²) in [5, 5.41) is 0. The molecule has 120 valence electrons. The van der Waals surface area contributed by atoms with Crippen molar-refractivity contribution in [3.8, 4) is 0 Å². The fourth-order valence-corrected chi connectivity index (χ4v) is 2.22. The third-order valence-corrected chi connectivity index (χ3v) is 3.35. The molecule has 0 N–H and O–H groups in total. The number of hydrogen-bond donors (Lipinski definition) is 0. The van der Waals surface area contributed by atoms with Gasteiger partial charge in [0.25, 0.3) is 0 Å². The molecule has 0 bridgehead atoms. The van der Waals surface area contributed by atoms with E-state index < -0.39 is 5.60 Å². The average Bonchev–Trinajstić information content (AvgIpc) is 2.42. The van der Waals surface area contributed by atoms with Gasteiger partial charge in [-0.2, -0.15) is 0 Å². The lowest BCUT2D eigenvalue weighted by atomic mass is 10.2. The number of rotatable bonds is 6. The Bertz CT molecular complexity index is 527. The number of hydrogen-bond acceptors (Lipinski definition) is 5. The average molecular weight is 322 g/mol. The van der Waals surface area contributed by atoms with Crippen molar-refractivity contribution in [1.82, 2.24) is 0 Å². The summed E-state index contributed by atoms with van der Waals surface area (Å²) in [6, 6.07) is 7.57. The van der Waals surface area contributed by atoms with Crippen molar-refractivity contribution in [1.29, 1.82) is 0 Å². The molecule has 0 saturated heterocycles. The summed E-state index contributed by atoms with van der Waals surface area (Å²) in [6.07, 6.45) is 3.11. The lowest BCUT2D eigenvalue weighted by Gasteiger charge is -2.17. The molecule has 0 aliphatic heterocycles. The second kappa shape index (κ2) is 8.63. The van der Waals surface area contributed by atoms with Gasteiger partial charge in [0.05, 0.1) is 12.4 Å². The predicted molar refractivity (Wildman–Crippen MR) is 88.7 cm³/mol. The van der Waals surface area contributed by atoms with E-state index in [2.05, 4.69) is 0 Å². The lowest BCUT2D eigenvalue weighted by Crippen LogP contribution is -2.22. The fourth-order valence-electron chi connectivity index (χ4n) is 1.52. The molecule has 0 aromatic heterocycles. The van der Waals surface area contributed by atoms with E-state index in [-0.39, 0.29) is 11.9 Å². The van der Waals surface area contributed by atoms with E-state index in [1.165, 1.54) is 17.8 Å². The lowest BCUT2D eigenvalue weighted by molar-refractivity contribution is -0.148. The molecule has 0 unspecified atom stereocenters. The molecule has 1 aromatic rings. The predicted octanol–water partition coefficient (Wildman–Crippen LogP) is 3.70. The van der Waals surface area contributed by atoms with Gasteiger partial charge in [-0.25, -0.2) is 4.79 Å². The standard InChI is InChI=1S/C17H22O4S/c1-5-20-16(19)12-22-14-9-6-13(7-10-14)8-11-15(18)21-17(2,3)4/h6-11H,5,12H2,1-4H3/b11-8+. The maximum Gasteiger partial charge on any atom is 0.331 e. The molecule has 0 atom stereocenters. The third kappa shape index (κ3) is 7.88. The SMILES string of the molecule is CCOC(=O)CSc1ccc(/C=C/C(=O)OC(C)(C)C)cc1. The largest absolute Gasteiger partial charge is 0.465 e. The van der Waals surface area contributed by atoms with Crippen LogP contribution in [0, 0.1) is 0 Å². The van der Waals surface area contributed by atoms with E-state index in [4.69, 9.17) is 9.47 Å². The van der Waals surface area contributed by atoms with E-state index in [0.717, 1.165) is 10.5 Å². The molecule has 0 fully saturated rings. The molecular weight excluding hydrogens is 300 g/mol. The molecule has 0 radical (unpaired) electrons. The number of esters is 2. The monoisotopic (exact) mass is 322 g/mol. The highest BCUT2D eigenvalue weighted by Crippen LogP contribution is 2.19. The van der Waals surface area contributed by atoms with Crippen LogP contribution in [0.5, 0.6) is 0 Å². The zero-order chi connectivity index (χ0) is 16.6. The van der Waals surface area contributed by atoms with Gasteiger partial charge in [0.2, 0.25) is 0 Å². The van der Waals surface area contributed by atoms with Crippen LogP contribution >= 0.6 is 11.8 Å². The van der Waals surface area contributed by atoms with Crippen LogP contribution < -0.4 is 0 Å². The number of benzene rings is 1. The van der Waals surface area contributed by atoms with Gasteiger partial charge in [-0.05, 0) is 51.5 Å². The van der Waals surface area contributed by atoms with Crippen LogP contribution in [0.1, 0.15) is 33.3 Å². The summed E-state index contributed by atoms with van der Waals surface area (Å²) < 4.78 is 10.1. The zero-order valence-corrected chi connectivity index (χ0v) is 14.2. The molecule has 1 rings (SSSR count). The molecule has 5 heteroatoms. The highest BCUT2D eigenvalue weighted by molar-refractivity contribution is 8.00. The van der Waals surface area contributed by atoms with Gasteiger partial charge in [0, 0.05) is 11.0 Å². The van der Waals surface area contributed by atoms with E-state index >= 15 is 0 Å². The Morgan fingerprint density at radius 2 is 1.82 bits per heavy atom. The fraction of sp³-hybridized carbons (Fsp3) is 0.412. The number of carbonyl (C=O) groups excluding carboxylic acids is 2. The molecular formula is C17H22O4S. The van der Waals surface area contributed by atoms with Crippen molar-refractivity contribution >= 4 is 29.8 Å². The van der Waals surface area contributed by atoms with Crippen LogP contribution in [0.4, 0.5) is 0 Å². The molecule has 0 aliphatic carbocycles. The summed E-state index contributed by atoms with van der Waals surface area (Å²) in [5.41, 5.74) is 0.404. The van der Waals surface area contributed by atoms with Crippen LogP contribution in [0.2, 0.25) is 0 Å². The topological polar surface area (TPSA) is 52.6 Å². The normalized spacial score (nSPS) is 11.5. The summed E-state index contributed by atoms with van der Waals surface area (Å²) in [7, 11) is 0. The van der Waals surface area contributed by atoms with E-state index in [9.17, 15) is 9.59 Å². The number of thioether (sulfide) groups is 1. The first kappa shape index (κ1) is 18.3. The Labute approximate surface area is 135 Å². The molecule has 22 heavy (non-hydrogen) atoms. The van der Waals surface area contributed by atoms with Crippen LogP contribution in [0.15, 0.2) is 35.2 Å². The van der Waals surface area contributed by atoms with Crippen molar-refractivity contribution in [2.75, 3.05) is 12.4 Å². The minimum atomic E-state index is -0.491. The van der Waals surface area contributed by atoms with Gasteiger partial charge < -0.3 is 9.47 Å². The molecule has 1 aromatic carbocycles. The minimum Gasteiger partial charge on any atom is -0.465 e. The van der Waals surface area contributed by atoms with Gasteiger partial charge in [-0.15, -0.1) is 11.8 Å². The van der Waals surface area contributed by atoms with Crippen LogP contribution in [0.3, 0.4) is 0 Å². The van der Waals surface area contributed by atoms with Crippen molar-refractivity contribution in [2.24, 2.45) is 0 Å². The Balaban J connectivity index is 2.51. The quantitative estimate of drug-likeness (QED) is 0.454. The molecule has 0 aliphatic rings. The Morgan fingerprint density at radius 1 is 1.18 bits per heavy atom. The first-order valence-electron chi connectivity index (χ1n) is 7.09. The Morgan fingerprint density at radius 3 is 2.36 bits per heavy atom. The van der Waals surface area contributed by atoms with E-state index in [0.29, 0.717) is 12.4 Å². The zero-order valence-electron chi connectivity index (χ0n) is 13.4. The molecule has 0 saturated carbocycles. The molecule has 0 amide bonds. The Kier molecular flexibility index (Phi) is 7.18. The van der Waals surface area contributed by atoms with Crippen LogP contribution in [0.25, 0.3) is 6.08 Å². The maximum absolute atomic E-state index is 11.6. The van der Waals surface area contributed by atoms with Gasteiger partial charge in [-0.1, -0.05) is 12.1 Å². The summed E-state index contributed by atoms with van der Waals surface area (Å²) in [5.74, 6) is -0.296. The number of ether oxygens (including phenoxy) is 2. The van der Waals surface area contributed by atoms with Crippen LogP contribution in [-0.2, 0) is 19.1 Å². The number of carbonyl (C=O) groups is 2. The minimum absolute atomic E-state index is 0.221. The van der Waals surface area contributed by atoms with Crippen molar-refractivity contribution in [3.05, 3.63) is 35.9 Å². The maximum atomic E-state index is 11.6. The summed E-state index contributed by atoms with van der Waals surface area (Å²) in [6.45, 7) is 7.67. The first-order chi connectivity index (χ1) is 10.3.